The molecule has 0 aliphatic carbocycles. The Kier molecular flexibility index (Phi) is 4.63. The maximum atomic E-state index is 12.1. The van der Waals surface area contributed by atoms with Crippen LogP contribution >= 0.6 is 0 Å². The summed E-state index contributed by atoms with van der Waals surface area (Å²) >= 11 is 0. The molecule has 2 fully saturated rings. The highest BCUT2D eigenvalue weighted by Crippen LogP contribution is 2.34. The van der Waals surface area contributed by atoms with Crippen molar-refractivity contribution >= 4 is 5.97 Å². The lowest BCUT2D eigenvalue weighted by molar-refractivity contribution is -0.359. The van der Waals surface area contributed by atoms with E-state index >= 15 is 0 Å². The molecule has 21 heavy (non-hydrogen) atoms. The van der Waals surface area contributed by atoms with Gasteiger partial charge in [0, 0.05) is 13.5 Å². The van der Waals surface area contributed by atoms with Crippen molar-refractivity contribution in [3.63, 3.8) is 0 Å². The van der Waals surface area contributed by atoms with Gasteiger partial charge >= 0.3 is 5.97 Å². The zero-order chi connectivity index (χ0) is 15.8. The number of hydrogen-bond donors (Lipinski definition) is 0. The average Bonchev–Trinajstić information content (AvgIpc) is 2.35. The Bertz CT molecular complexity index is 386. The predicted octanol–water partition coefficient (Wildman–Crippen LogP) is 1.86. The minimum absolute atomic E-state index is 0.169. The van der Waals surface area contributed by atoms with Crippen molar-refractivity contribution in [3.05, 3.63) is 0 Å². The molecule has 6 heteroatoms. The summed E-state index contributed by atoms with van der Waals surface area (Å²) in [4.78, 5) is 12.1. The van der Waals surface area contributed by atoms with Gasteiger partial charge in [0.2, 0.25) is 0 Å². The molecule has 2 aliphatic rings. The molecule has 0 N–H and O–H groups in total. The zero-order valence-electron chi connectivity index (χ0n) is 13.7. The van der Waals surface area contributed by atoms with Crippen molar-refractivity contribution in [2.75, 3.05) is 13.7 Å². The molecule has 2 heterocycles. The fourth-order valence-corrected chi connectivity index (χ4v) is 2.42. The molecule has 0 radical (unpaired) electrons. The van der Waals surface area contributed by atoms with Crippen LogP contribution in [0.25, 0.3) is 0 Å². The summed E-state index contributed by atoms with van der Waals surface area (Å²) in [6, 6.07) is 0. The Morgan fingerprint density at radius 2 is 1.90 bits per heavy atom. The first kappa shape index (κ1) is 16.7. The van der Waals surface area contributed by atoms with Gasteiger partial charge in [-0.1, -0.05) is 0 Å². The van der Waals surface area contributed by atoms with Crippen LogP contribution in [0.4, 0.5) is 0 Å². The van der Waals surface area contributed by atoms with Crippen molar-refractivity contribution in [2.24, 2.45) is 5.41 Å². The first-order chi connectivity index (χ1) is 9.62. The summed E-state index contributed by atoms with van der Waals surface area (Å²) in [5.41, 5.74) is -0.565. The lowest BCUT2D eigenvalue weighted by atomic mass is 9.96. The van der Waals surface area contributed by atoms with Crippen LogP contribution in [0.5, 0.6) is 0 Å². The van der Waals surface area contributed by atoms with E-state index in [4.69, 9.17) is 23.7 Å². The first-order valence-corrected chi connectivity index (χ1v) is 7.33. The molecule has 0 aromatic carbocycles. The number of carbonyl (C=O) groups is 1. The molecule has 2 saturated heterocycles. The fraction of sp³-hybridized carbons (Fsp3) is 0.933. The number of ether oxygens (including phenoxy) is 5. The van der Waals surface area contributed by atoms with Gasteiger partial charge in [0.1, 0.15) is 6.10 Å². The average molecular weight is 302 g/mol. The van der Waals surface area contributed by atoms with Gasteiger partial charge in [0.25, 0.3) is 0 Å². The Morgan fingerprint density at radius 3 is 2.48 bits per heavy atom. The first-order valence-electron chi connectivity index (χ1n) is 7.33. The standard InChI is InChI=1S/C15H26O6/c1-14(2,3)13(16)20-10-7-9-11(19-12(10)17-6)8-18-15(4,5)21-9/h9-12H,7-8H2,1-6H3/t9-,10+,11+,12-/m0/s1. The van der Waals surface area contributed by atoms with E-state index in [1.54, 1.807) is 0 Å². The second kappa shape index (κ2) is 5.83. The Morgan fingerprint density at radius 1 is 1.24 bits per heavy atom. The minimum Gasteiger partial charge on any atom is -0.456 e. The van der Waals surface area contributed by atoms with Crippen LogP contribution in [0.2, 0.25) is 0 Å². The summed E-state index contributed by atoms with van der Waals surface area (Å²) < 4.78 is 28.1. The number of hydrogen-bond acceptors (Lipinski definition) is 6. The summed E-state index contributed by atoms with van der Waals surface area (Å²) in [6.45, 7) is 9.62. The van der Waals surface area contributed by atoms with Crippen molar-refractivity contribution in [1.82, 2.24) is 0 Å². The Labute approximate surface area is 126 Å². The highest BCUT2D eigenvalue weighted by Gasteiger charge is 2.47. The van der Waals surface area contributed by atoms with Gasteiger partial charge in [0.15, 0.2) is 18.2 Å². The van der Waals surface area contributed by atoms with E-state index in [2.05, 4.69) is 0 Å². The third kappa shape index (κ3) is 3.94. The number of methoxy groups -OCH3 is 1. The molecular formula is C15H26O6. The van der Waals surface area contributed by atoms with E-state index in [0.717, 1.165) is 0 Å². The fourth-order valence-electron chi connectivity index (χ4n) is 2.42. The molecule has 0 aromatic heterocycles. The lowest BCUT2D eigenvalue weighted by Gasteiger charge is -2.47. The molecule has 0 unspecified atom stereocenters. The number of esters is 1. The molecule has 0 bridgehead atoms. The highest BCUT2D eigenvalue weighted by atomic mass is 16.8. The van der Waals surface area contributed by atoms with Crippen LogP contribution in [0, 0.1) is 5.41 Å². The topological polar surface area (TPSA) is 63.2 Å². The van der Waals surface area contributed by atoms with E-state index in [0.29, 0.717) is 13.0 Å². The number of fused-ring (bicyclic) bond motifs is 1. The zero-order valence-corrected chi connectivity index (χ0v) is 13.7. The van der Waals surface area contributed by atoms with Crippen LogP contribution in [0.3, 0.4) is 0 Å². The van der Waals surface area contributed by atoms with Crippen LogP contribution in [-0.4, -0.2) is 50.1 Å². The van der Waals surface area contributed by atoms with Gasteiger partial charge in [-0.25, -0.2) is 0 Å². The van der Waals surface area contributed by atoms with Gasteiger partial charge in [-0.05, 0) is 34.6 Å². The van der Waals surface area contributed by atoms with Crippen LogP contribution in [0.15, 0.2) is 0 Å². The maximum absolute atomic E-state index is 12.1. The molecule has 0 spiro atoms. The third-order valence-corrected chi connectivity index (χ3v) is 3.63. The minimum atomic E-state index is -0.650. The Hall–Kier alpha value is -0.690. The van der Waals surface area contributed by atoms with Crippen molar-refractivity contribution < 1.29 is 28.5 Å². The molecule has 4 atom stereocenters. The summed E-state index contributed by atoms with van der Waals surface area (Å²) in [5.74, 6) is -0.925. The molecule has 122 valence electrons. The molecule has 6 nitrogen and oxygen atoms in total. The van der Waals surface area contributed by atoms with Crippen molar-refractivity contribution in [3.8, 4) is 0 Å². The lowest BCUT2D eigenvalue weighted by Crippen LogP contribution is -2.58. The van der Waals surface area contributed by atoms with E-state index < -0.39 is 23.6 Å². The van der Waals surface area contributed by atoms with E-state index in [-0.39, 0.29) is 18.2 Å². The van der Waals surface area contributed by atoms with E-state index in [9.17, 15) is 4.79 Å². The second-order valence-electron chi connectivity index (χ2n) is 7.08. The van der Waals surface area contributed by atoms with E-state index in [1.807, 2.05) is 34.6 Å². The normalized spacial score (nSPS) is 35.9. The van der Waals surface area contributed by atoms with Crippen molar-refractivity contribution in [1.29, 1.82) is 0 Å². The molecule has 2 aliphatic heterocycles. The predicted molar refractivity (Wildman–Crippen MR) is 74.5 cm³/mol. The molecule has 0 aromatic rings. The number of carbonyl (C=O) groups excluding carboxylic acids is 1. The van der Waals surface area contributed by atoms with Crippen molar-refractivity contribution in [2.45, 2.75) is 71.4 Å². The summed E-state index contributed by atoms with van der Waals surface area (Å²) in [6.07, 6.45) is -0.897. The maximum Gasteiger partial charge on any atom is 0.311 e. The molecule has 0 saturated carbocycles. The molecule has 2 rings (SSSR count). The molecule has 0 amide bonds. The van der Waals surface area contributed by atoms with Gasteiger partial charge in [-0.15, -0.1) is 0 Å². The summed E-state index contributed by atoms with van der Waals surface area (Å²) in [5, 5.41) is 0. The van der Waals surface area contributed by atoms with Gasteiger partial charge in [0.05, 0.1) is 18.1 Å². The smallest absolute Gasteiger partial charge is 0.311 e. The SMILES string of the molecule is CO[C@H]1O[C@@H]2COC(C)(C)O[C@H]2C[C@H]1OC(=O)C(C)(C)C. The van der Waals surface area contributed by atoms with Gasteiger partial charge in [-0.3, -0.25) is 4.79 Å². The van der Waals surface area contributed by atoms with Gasteiger partial charge < -0.3 is 23.7 Å². The van der Waals surface area contributed by atoms with Crippen LogP contribution in [-0.2, 0) is 28.5 Å². The van der Waals surface area contributed by atoms with Gasteiger partial charge in [-0.2, -0.15) is 0 Å². The second-order valence-corrected chi connectivity index (χ2v) is 7.08. The van der Waals surface area contributed by atoms with E-state index in [1.165, 1.54) is 7.11 Å². The number of rotatable bonds is 2. The third-order valence-electron chi connectivity index (χ3n) is 3.63. The molecular weight excluding hydrogens is 276 g/mol. The summed E-state index contributed by atoms with van der Waals surface area (Å²) in [7, 11) is 1.54. The monoisotopic (exact) mass is 302 g/mol. The van der Waals surface area contributed by atoms with Crippen LogP contribution in [0.1, 0.15) is 41.0 Å². The quantitative estimate of drug-likeness (QED) is 0.726. The Balaban J connectivity index is 2.05. The van der Waals surface area contributed by atoms with Crippen LogP contribution < -0.4 is 0 Å². The highest BCUT2D eigenvalue weighted by molar-refractivity contribution is 5.75. The largest absolute Gasteiger partial charge is 0.456 e.